The van der Waals surface area contributed by atoms with Crippen molar-refractivity contribution in [2.24, 2.45) is 0 Å². The fourth-order valence-corrected chi connectivity index (χ4v) is 1.56. The molecular formula is C9H8BrF3N2O2. The first-order valence-electron chi connectivity index (χ1n) is 4.57. The average Bonchev–Trinajstić information content (AvgIpc) is 2.19. The summed E-state index contributed by atoms with van der Waals surface area (Å²) < 4.78 is 37.5. The van der Waals surface area contributed by atoms with E-state index in [0.29, 0.717) is 4.47 Å². The van der Waals surface area contributed by atoms with Gasteiger partial charge in [0.05, 0.1) is 0 Å². The minimum Gasteiger partial charge on any atom is -0.264 e. The van der Waals surface area contributed by atoms with Gasteiger partial charge in [-0.3, -0.25) is 15.1 Å². The van der Waals surface area contributed by atoms with Crippen molar-refractivity contribution in [2.45, 2.75) is 25.6 Å². The summed E-state index contributed by atoms with van der Waals surface area (Å²) in [5, 5.41) is 10.4. The van der Waals surface area contributed by atoms with Crippen LogP contribution in [-0.2, 0) is 12.6 Å². The van der Waals surface area contributed by atoms with E-state index >= 15 is 0 Å². The van der Waals surface area contributed by atoms with Crippen LogP contribution in [0, 0.1) is 10.1 Å². The molecule has 0 amide bonds. The van der Waals surface area contributed by atoms with Crippen LogP contribution in [0.3, 0.4) is 0 Å². The third-order valence-electron chi connectivity index (χ3n) is 2.10. The van der Waals surface area contributed by atoms with Gasteiger partial charge in [-0.1, -0.05) is 0 Å². The zero-order valence-corrected chi connectivity index (χ0v) is 10.2. The van der Waals surface area contributed by atoms with Gasteiger partial charge in [0.1, 0.15) is 5.69 Å². The largest absolute Gasteiger partial charge is 0.433 e. The van der Waals surface area contributed by atoms with Crippen LogP contribution >= 0.6 is 15.9 Å². The lowest BCUT2D eigenvalue weighted by atomic mass is 10.1. The van der Waals surface area contributed by atoms with E-state index in [1.54, 1.807) is 0 Å². The number of nitro groups is 1. The first-order valence-corrected chi connectivity index (χ1v) is 5.36. The summed E-state index contributed by atoms with van der Waals surface area (Å²) in [6, 6.07) is -0.126. The summed E-state index contributed by atoms with van der Waals surface area (Å²) in [5.41, 5.74) is -0.831. The molecule has 0 radical (unpaired) electrons. The SMILES string of the molecule is CC(Cc1cc(C(F)(F)F)ncc1Br)[N+](=O)[O-]. The molecule has 1 unspecified atom stereocenters. The standard InChI is InChI=1S/C9H8BrF3N2O2/c1-5(15(16)17)2-6-3-8(9(11,12)13)14-4-7(6)10/h3-5H,2H2,1H3. The summed E-state index contributed by atoms with van der Waals surface area (Å²) in [6.07, 6.45) is -3.63. The quantitative estimate of drug-likeness (QED) is 0.636. The summed E-state index contributed by atoms with van der Waals surface area (Å²) in [6.45, 7) is 1.33. The fourth-order valence-electron chi connectivity index (χ4n) is 1.18. The number of halogens is 4. The average molecular weight is 313 g/mol. The van der Waals surface area contributed by atoms with E-state index < -0.39 is 22.8 Å². The second kappa shape index (κ2) is 4.99. The van der Waals surface area contributed by atoms with Crippen LogP contribution in [0.5, 0.6) is 0 Å². The lowest BCUT2D eigenvalue weighted by molar-refractivity contribution is -0.517. The third kappa shape index (κ3) is 3.65. The highest BCUT2D eigenvalue weighted by molar-refractivity contribution is 9.10. The molecule has 0 aromatic carbocycles. The Bertz CT molecular complexity index is 437. The van der Waals surface area contributed by atoms with Gasteiger partial charge in [-0.05, 0) is 27.6 Å². The Kier molecular flexibility index (Phi) is 4.07. The number of nitrogens with zero attached hydrogens (tertiary/aromatic N) is 2. The number of pyridine rings is 1. The van der Waals surface area contributed by atoms with Crippen molar-refractivity contribution in [3.8, 4) is 0 Å². The van der Waals surface area contributed by atoms with Crippen molar-refractivity contribution >= 4 is 15.9 Å². The second-order valence-corrected chi connectivity index (χ2v) is 4.35. The van der Waals surface area contributed by atoms with Crippen molar-refractivity contribution in [1.29, 1.82) is 0 Å². The predicted octanol–water partition coefficient (Wildman–Crippen LogP) is 3.07. The Balaban J connectivity index is 3.03. The van der Waals surface area contributed by atoms with E-state index in [0.717, 1.165) is 12.3 Å². The normalized spacial score (nSPS) is 13.5. The molecule has 0 aliphatic carbocycles. The first kappa shape index (κ1) is 13.9. The van der Waals surface area contributed by atoms with Gasteiger partial charge in [0.15, 0.2) is 0 Å². The van der Waals surface area contributed by atoms with Gasteiger partial charge in [0, 0.05) is 28.9 Å². The van der Waals surface area contributed by atoms with Gasteiger partial charge < -0.3 is 0 Å². The summed E-state index contributed by atoms with van der Waals surface area (Å²) >= 11 is 3.02. The fraction of sp³-hybridized carbons (Fsp3) is 0.444. The molecule has 0 N–H and O–H groups in total. The molecule has 1 aromatic rings. The van der Waals surface area contributed by atoms with Crippen molar-refractivity contribution < 1.29 is 18.1 Å². The van der Waals surface area contributed by atoms with E-state index in [-0.39, 0.29) is 12.0 Å². The van der Waals surface area contributed by atoms with Gasteiger partial charge in [0.25, 0.3) is 0 Å². The van der Waals surface area contributed by atoms with Crippen LogP contribution in [0.1, 0.15) is 18.2 Å². The molecule has 0 aliphatic heterocycles. The van der Waals surface area contributed by atoms with E-state index in [9.17, 15) is 23.3 Å². The van der Waals surface area contributed by atoms with Crippen molar-refractivity contribution in [2.75, 3.05) is 0 Å². The van der Waals surface area contributed by atoms with Crippen LogP contribution in [0.4, 0.5) is 13.2 Å². The molecule has 1 rings (SSSR count). The summed E-state index contributed by atoms with van der Waals surface area (Å²) in [7, 11) is 0. The molecule has 0 spiro atoms. The lowest BCUT2D eigenvalue weighted by Crippen LogP contribution is -2.19. The highest BCUT2D eigenvalue weighted by Gasteiger charge is 2.33. The molecular weight excluding hydrogens is 305 g/mol. The number of hydrogen-bond acceptors (Lipinski definition) is 3. The van der Waals surface area contributed by atoms with Crippen molar-refractivity contribution in [1.82, 2.24) is 4.98 Å². The number of aromatic nitrogens is 1. The molecule has 0 saturated heterocycles. The minimum atomic E-state index is -4.55. The minimum absolute atomic E-state index is 0.0841. The molecule has 94 valence electrons. The number of alkyl halides is 3. The van der Waals surface area contributed by atoms with E-state index in [1.165, 1.54) is 6.92 Å². The van der Waals surface area contributed by atoms with Gasteiger partial charge in [-0.15, -0.1) is 0 Å². The van der Waals surface area contributed by atoms with Crippen LogP contribution in [0.25, 0.3) is 0 Å². The smallest absolute Gasteiger partial charge is 0.264 e. The first-order chi connectivity index (χ1) is 7.71. The maximum absolute atomic E-state index is 12.4. The zero-order valence-electron chi connectivity index (χ0n) is 8.66. The molecule has 1 aromatic heterocycles. The topological polar surface area (TPSA) is 56.0 Å². The Morgan fingerprint density at radius 3 is 2.65 bits per heavy atom. The number of rotatable bonds is 3. The molecule has 17 heavy (non-hydrogen) atoms. The molecule has 0 saturated carbocycles. The second-order valence-electron chi connectivity index (χ2n) is 3.50. The molecule has 8 heteroatoms. The van der Waals surface area contributed by atoms with Crippen LogP contribution in [0.15, 0.2) is 16.7 Å². The lowest BCUT2D eigenvalue weighted by Gasteiger charge is -2.10. The Morgan fingerprint density at radius 2 is 2.18 bits per heavy atom. The van der Waals surface area contributed by atoms with Gasteiger partial charge in [0.2, 0.25) is 6.04 Å². The van der Waals surface area contributed by atoms with Crippen LogP contribution < -0.4 is 0 Å². The molecule has 1 heterocycles. The van der Waals surface area contributed by atoms with Crippen molar-refractivity contribution in [3.63, 3.8) is 0 Å². The zero-order chi connectivity index (χ0) is 13.2. The predicted molar refractivity (Wildman–Crippen MR) is 57.1 cm³/mol. The monoisotopic (exact) mass is 312 g/mol. The maximum atomic E-state index is 12.4. The Labute approximate surface area is 103 Å². The Morgan fingerprint density at radius 1 is 1.59 bits per heavy atom. The molecule has 1 atom stereocenters. The summed E-state index contributed by atoms with van der Waals surface area (Å²) in [5.74, 6) is 0. The van der Waals surface area contributed by atoms with E-state index in [2.05, 4.69) is 20.9 Å². The molecule has 4 nitrogen and oxygen atoms in total. The number of hydrogen-bond donors (Lipinski definition) is 0. The van der Waals surface area contributed by atoms with Crippen LogP contribution in [0.2, 0.25) is 0 Å². The highest BCUT2D eigenvalue weighted by atomic mass is 79.9. The third-order valence-corrected chi connectivity index (χ3v) is 2.81. The van der Waals surface area contributed by atoms with Gasteiger partial charge in [-0.2, -0.15) is 13.2 Å². The molecule has 0 aliphatic rings. The summed E-state index contributed by atoms with van der Waals surface area (Å²) in [4.78, 5) is 13.1. The van der Waals surface area contributed by atoms with E-state index in [4.69, 9.17) is 0 Å². The van der Waals surface area contributed by atoms with Crippen LogP contribution in [-0.4, -0.2) is 15.9 Å². The molecule has 0 bridgehead atoms. The van der Waals surface area contributed by atoms with Crippen molar-refractivity contribution in [3.05, 3.63) is 38.1 Å². The molecule has 0 fully saturated rings. The Hall–Kier alpha value is -1.18. The van der Waals surface area contributed by atoms with Gasteiger partial charge >= 0.3 is 6.18 Å². The highest BCUT2D eigenvalue weighted by Crippen LogP contribution is 2.30. The van der Waals surface area contributed by atoms with E-state index in [1.807, 2.05) is 0 Å². The van der Waals surface area contributed by atoms with Gasteiger partial charge in [-0.25, -0.2) is 0 Å². The maximum Gasteiger partial charge on any atom is 0.433 e.